The number of carbonyl (C=O) groups is 1. The SMILES string of the molecule is CCOC(=O)[C@@H]1O[C@@H](O)[C@H](C)[C@@H](c2ccccc2)[C@@H]1[N+](=O)[O-]. The van der Waals surface area contributed by atoms with Gasteiger partial charge in [0.1, 0.15) is 0 Å². The van der Waals surface area contributed by atoms with E-state index in [9.17, 15) is 20.0 Å². The van der Waals surface area contributed by atoms with Crippen LogP contribution in [0.25, 0.3) is 0 Å². The number of nitrogens with zero attached hydrogens (tertiary/aromatic N) is 1. The van der Waals surface area contributed by atoms with Crippen LogP contribution in [0.3, 0.4) is 0 Å². The van der Waals surface area contributed by atoms with Crippen LogP contribution in [0.2, 0.25) is 0 Å². The van der Waals surface area contributed by atoms with E-state index >= 15 is 0 Å². The van der Waals surface area contributed by atoms with E-state index in [1.165, 1.54) is 0 Å². The third-order valence-corrected chi connectivity index (χ3v) is 3.93. The lowest BCUT2D eigenvalue weighted by Gasteiger charge is -2.38. The first-order valence-electron chi connectivity index (χ1n) is 7.16. The van der Waals surface area contributed by atoms with Gasteiger partial charge in [-0.1, -0.05) is 37.3 Å². The molecule has 1 fully saturated rings. The zero-order chi connectivity index (χ0) is 16.3. The maximum absolute atomic E-state index is 12.0. The normalized spacial score (nSPS) is 31.5. The van der Waals surface area contributed by atoms with Crippen LogP contribution in [0.4, 0.5) is 0 Å². The number of ether oxygens (including phenoxy) is 2. The molecular weight excluding hydrogens is 290 g/mol. The van der Waals surface area contributed by atoms with Crippen LogP contribution >= 0.6 is 0 Å². The summed E-state index contributed by atoms with van der Waals surface area (Å²) < 4.78 is 10.0. The molecular formula is C15H19NO6. The molecule has 0 bridgehead atoms. The number of esters is 1. The Morgan fingerprint density at radius 3 is 2.59 bits per heavy atom. The van der Waals surface area contributed by atoms with Crippen LogP contribution in [0.5, 0.6) is 0 Å². The monoisotopic (exact) mass is 309 g/mol. The van der Waals surface area contributed by atoms with Crippen LogP contribution < -0.4 is 0 Å². The quantitative estimate of drug-likeness (QED) is 0.512. The van der Waals surface area contributed by atoms with Crippen molar-refractivity contribution < 1.29 is 24.3 Å². The highest BCUT2D eigenvalue weighted by Gasteiger charge is 2.54. The van der Waals surface area contributed by atoms with Gasteiger partial charge in [0.2, 0.25) is 6.10 Å². The van der Waals surface area contributed by atoms with Gasteiger partial charge in [-0.25, -0.2) is 4.79 Å². The number of hydrogen-bond acceptors (Lipinski definition) is 6. The van der Waals surface area contributed by atoms with Gasteiger partial charge in [0.05, 0.1) is 12.5 Å². The summed E-state index contributed by atoms with van der Waals surface area (Å²) in [6.07, 6.45) is -2.69. The number of aliphatic hydroxyl groups excluding tert-OH is 1. The lowest BCUT2D eigenvalue weighted by molar-refractivity contribution is -0.549. The number of benzene rings is 1. The Bertz CT molecular complexity index is 534. The minimum absolute atomic E-state index is 0.0881. The third kappa shape index (κ3) is 3.10. The molecule has 1 aliphatic heterocycles. The summed E-state index contributed by atoms with van der Waals surface area (Å²) in [7, 11) is 0. The Kier molecular flexibility index (Phi) is 5.10. The van der Waals surface area contributed by atoms with Crippen molar-refractivity contribution in [2.75, 3.05) is 6.61 Å². The van der Waals surface area contributed by atoms with Gasteiger partial charge in [0.15, 0.2) is 6.29 Å². The molecule has 7 heteroatoms. The Morgan fingerprint density at radius 2 is 2.05 bits per heavy atom. The molecule has 0 aliphatic carbocycles. The van der Waals surface area contributed by atoms with E-state index in [4.69, 9.17) is 9.47 Å². The van der Waals surface area contributed by atoms with Crippen LogP contribution in [0, 0.1) is 16.0 Å². The second-order valence-corrected chi connectivity index (χ2v) is 5.27. The fraction of sp³-hybridized carbons (Fsp3) is 0.533. The van der Waals surface area contributed by atoms with Crippen molar-refractivity contribution in [3.05, 3.63) is 46.0 Å². The van der Waals surface area contributed by atoms with E-state index in [1.807, 2.05) is 0 Å². The van der Waals surface area contributed by atoms with Crippen molar-refractivity contribution in [3.63, 3.8) is 0 Å². The maximum Gasteiger partial charge on any atom is 0.342 e. The second kappa shape index (κ2) is 6.85. The molecule has 0 spiro atoms. The summed E-state index contributed by atoms with van der Waals surface area (Å²) in [5.41, 5.74) is 0.688. The van der Waals surface area contributed by atoms with E-state index in [2.05, 4.69) is 0 Å². The molecule has 1 aliphatic rings. The topological polar surface area (TPSA) is 98.9 Å². The number of hydrogen-bond donors (Lipinski definition) is 1. The average molecular weight is 309 g/mol. The molecule has 1 aromatic carbocycles. The molecule has 5 atom stereocenters. The molecule has 0 unspecified atom stereocenters. The Labute approximate surface area is 128 Å². The molecule has 0 amide bonds. The van der Waals surface area contributed by atoms with E-state index < -0.39 is 41.2 Å². The van der Waals surface area contributed by atoms with Crippen molar-refractivity contribution in [1.29, 1.82) is 0 Å². The third-order valence-electron chi connectivity index (χ3n) is 3.93. The smallest absolute Gasteiger partial charge is 0.342 e. The molecule has 1 saturated heterocycles. The average Bonchev–Trinajstić information content (AvgIpc) is 2.50. The highest BCUT2D eigenvalue weighted by Crippen LogP contribution is 2.39. The highest BCUT2D eigenvalue weighted by atomic mass is 16.7. The molecule has 1 N–H and O–H groups in total. The number of rotatable bonds is 4. The van der Waals surface area contributed by atoms with Crippen molar-refractivity contribution in [1.82, 2.24) is 0 Å². The van der Waals surface area contributed by atoms with Crippen molar-refractivity contribution >= 4 is 5.97 Å². The van der Waals surface area contributed by atoms with Gasteiger partial charge < -0.3 is 14.6 Å². The van der Waals surface area contributed by atoms with E-state index in [0.29, 0.717) is 5.56 Å². The maximum atomic E-state index is 12.0. The minimum atomic E-state index is -1.42. The Morgan fingerprint density at radius 1 is 1.41 bits per heavy atom. The van der Waals surface area contributed by atoms with E-state index in [1.54, 1.807) is 44.2 Å². The lowest BCUT2D eigenvalue weighted by atomic mass is 9.77. The first-order valence-corrected chi connectivity index (χ1v) is 7.16. The minimum Gasteiger partial charge on any atom is -0.464 e. The molecule has 0 radical (unpaired) electrons. The highest BCUT2D eigenvalue weighted by molar-refractivity contribution is 5.76. The summed E-state index contributed by atoms with van der Waals surface area (Å²) in [6.45, 7) is 3.36. The summed E-state index contributed by atoms with van der Waals surface area (Å²) >= 11 is 0. The standard InChI is InChI=1S/C15H19NO6/c1-3-21-15(18)13-12(16(19)20)11(9(2)14(17)22-13)10-7-5-4-6-8-10/h4-9,11-14,17H,3H2,1-2H3/t9-,11+,12+,13-,14-/m1/s1. The first kappa shape index (κ1) is 16.4. The van der Waals surface area contributed by atoms with Gasteiger partial charge in [-0.2, -0.15) is 0 Å². The Balaban J connectivity index is 2.42. The Hall–Kier alpha value is -1.99. The van der Waals surface area contributed by atoms with E-state index in [-0.39, 0.29) is 6.61 Å². The fourth-order valence-electron chi connectivity index (χ4n) is 2.87. The largest absolute Gasteiger partial charge is 0.464 e. The first-order chi connectivity index (χ1) is 10.5. The van der Waals surface area contributed by atoms with Crippen molar-refractivity contribution in [3.8, 4) is 0 Å². The molecule has 120 valence electrons. The predicted octanol–water partition coefficient (Wildman–Crippen LogP) is 1.33. The van der Waals surface area contributed by atoms with Crippen molar-refractivity contribution in [2.45, 2.75) is 38.2 Å². The second-order valence-electron chi connectivity index (χ2n) is 5.27. The van der Waals surface area contributed by atoms with Gasteiger partial charge >= 0.3 is 5.97 Å². The zero-order valence-electron chi connectivity index (χ0n) is 12.4. The summed E-state index contributed by atoms with van der Waals surface area (Å²) in [6, 6.07) is 7.52. The molecule has 2 rings (SSSR count). The summed E-state index contributed by atoms with van der Waals surface area (Å²) in [5.74, 6) is -1.99. The van der Waals surface area contributed by atoms with E-state index in [0.717, 1.165) is 0 Å². The molecule has 0 aromatic heterocycles. The number of nitro groups is 1. The van der Waals surface area contributed by atoms with Gasteiger partial charge in [0, 0.05) is 10.8 Å². The summed E-state index contributed by atoms with van der Waals surface area (Å²) in [5, 5.41) is 21.6. The van der Waals surface area contributed by atoms with Crippen LogP contribution in [-0.2, 0) is 14.3 Å². The lowest BCUT2D eigenvalue weighted by Crippen LogP contribution is -2.55. The van der Waals surface area contributed by atoms with Gasteiger partial charge in [-0.3, -0.25) is 10.1 Å². The molecule has 1 heterocycles. The van der Waals surface area contributed by atoms with Gasteiger partial charge in [-0.15, -0.1) is 0 Å². The number of aliphatic hydroxyl groups is 1. The predicted molar refractivity (Wildman–Crippen MR) is 76.6 cm³/mol. The zero-order valence-corrected chi connectivity index (χ0v) is 12.4. The molecule has 0 saturated carbocycles. The molecule has 7 nitrogen and oxygen atoms in total. The molecule has 1 aromatic rings. The van der Waals surface area contributed by atoms with Gasteiger partial charge in [-0.05, 0) is 12.5 Å². The molecule has 22 heavy (non-hydrogen) atoms. The number of carbonyl (C=O) groups excluding carboxylic acids is 1. The summed E-state index contributed by atoms with van der Waals surface area (Å²) in [4.78, 5) is 23.0. The van der Waals surface area contributed by atoms with Crippen LogP contribution in [0.1, 0.15) is 25.3 Å². The van der Waals surface area contributed by atoms with Crippen molar-refractivity contribution in [2.24, 2.45) is 5.92 Å². The van der Waals surface area contributed by atoms with Crippen LogP contribution in [0.15, 0.2) is 30.3 Å². The van der Waals surface area contributed by atoms with Gasteiger partial charge in [0.25, 0.3) is 6.04 Å². The van der Waals surface area contributed by atoms with Crippen LogP contribution in [-0.4, -0.2) is 41.0 Å². The fourth-order valence-corrected chi connectivity index (χ4v) is 2.87.